The molecule has 3 heterocycles. The van der Waals surface area contributed by atoms with Crippen LogP contribution in [0.1, 0.15) is 31.1 Å². The van der Waals surface area contributed by atoms with Crippen molar-refractivity contribution in [1.29, 1.82) is 0 Å². The number of carbonyl (C=O) groups is 1. The average molecular weight is 536 g/mol. The van der Waals surface area contributed by atoms with Crippen LogP contribution in [0, 0.1) is 0 Å². The molecule has 5 rings (SSSR count). The fourth-order valence-corrected chi connectivity index (χ4v) is 5.33. The van der Waals surface area contributed by atoms with Crippen LogP contribution in [0.2, 0.25) is 0 Å². The van der Waals surface area contributed by atoms with Crippen molar-refractivity contribution >= 4 is 40.0 Å². The van der Waals surface area contributed by atoms with Crippen molar-refractivity contribution in [1.82, 2.24) is 30.2 Å². The molecule has 0 bridgehead atoms. The quantitative estimate of drug-likeness (QED) is 0.398. The number of carbonyl (C=O) groups excluding carboxylic acids is 1. The molecule has 3 aromatic rings. The number of benzene rings is 2. The number of ether oxygens (including phenoxy) is 1. The number of amides is 2. The summed E-state index contributed by atoms with van der Waals surface area (Å²) < 4.78 is 8.01. The van der Waals surface area contributed by atoms with Gasteiger partial charge in [-0.15, -0.1) is 0 Å². The first kappa shape index (κ1) is 26.6. The summed E-state index contributed by atoms with van der Waals surface area (Å²) in [5.74, 6) is 0.539. The topological polar surface area (TPSA) is 86.7 Å². The Morgan fingerprint density at radius 2 is 1.95 bits per heavy atom. The molecule has 2 aliphatic heterocycles. The molecule has 202 valence electrons. The summed E-state index contributed by atoms with van der Waals surface area (Å²) >= 11 is 5.56. The van der Waals surface area contributed by atoms with Crippen LogP contribution in [-0.4, -0.2) is 90.6 Å². The van der Waals surface area contributed by atoms with E-state index in [0.29, 0.717) is 24.0 Å². The van der Waals surface area contributed by atoms with Crippen LogP contribution in [0.5, 0.6) is 0 Å². The number of nitrogens with one attached hydrogen (secondary N) is 3. The van der Waals surface area contributed by atoms with Gasteiger partial charge in [-0.2, -0.15) is 5.10 Å². The number of urea groups is 1. The second-order valence-corrected chi connectivity index (χ2v) is 10.4. The first-order valence-corrected chi connectivity index (χ1v) is 13.9. The SMILES string of the molecule is CNC(=S)c1ccccc1-c1ccc2c(NC(=O)NCCN3CCN(C)CC3)nn(C3CCCCO3)c2c1. The molecule has 3 N–H and O–H groups in total. The molecule has 9 nitrogen and oxygen atoms in total. The van der Waals surface area contributed by atoms with Gasteiger partial charge in [0.15, 0.2) is 12.0 Å². The highest BCUT2D eigenvalue weighted by Gasteiger charge is 2.23. The molecular weight excluding hydrogens is 498 g/mol. The van der Waals surface area contributed by atoms with Crippen molar-refractivity contribution in [3.63, 3.8) is 0 Å². The molecule has 2 aliphatic rings. The van der Waals surface area contributed by atoms with E-state index in [0.717, 1.165) is 79.6 Å². The van der Waals surface area contributed by atoms with Gasteiger partial charge >= 0.3 is 6.03 Å². The lowest BCUT2D eigenvalue weighted by Crippen LogP contribution is -2.47. The summed E-state index contributed by atoms with van der Waals surface area (Å²) in [5.41, 5.74) is 3.97. The number of rotatable bonds is 7. The summed E-state index contributed by atoms with van der Waals surface area (Å²) in [4.78, 5) is 18.2. The van der Waals surface area contributed by atoms with E-state index in [1.807, 2.05) is 36.0 Å². The summed E-state index contributed by atoms with van der Waals surface area (Å²) in [6.07, 6.45) is 2.86. The van der Waals surface area contributed by atoms with Gasteiger partial charge in [0, 0.05) is 63.9 Å². The Bertz CT molecular complexity index is 1280. The van der Waals surface area contributed by atoms with Gasteiger partial charge in [0.2, 0.25) is 0 Å². The zero-order valence-electron chi connectivity index (χ0n) is 22.2. The maximum Gasteiger partial charge on any atom is 0.320 e. The van der Waals surface area contributed by atoms with Crippen molar-refractivity contribution in [2.24, 2.45) is 0 Å². The molecule has 2 aromatic carbocycles. The zero-order valence-corrected chi connectivity index (χ0v) is 23.0. The first-order valence-electron chi connectivity index (χ1n) is 13.4. The lowest BCUT2D eigenvalue weighted by Gasteiger charge is -2.32. The Morgan fingerprint density at radius 1 is 1.13 bits per heavy atom. The van der Waals surface area contributed by atoms with Crippen molar-refractivity contribution in [2.45, 2.75) is 25.5 Å². The van der Waals surface area contributed by atoms with Gasteiger partial charge in [0.25, 0.3) is 0 Å². The Hall–Kier alpha value is -3.05. The minimum absolute atomic E-state index is 0.161. The van der Waals surface area contributed by atoms with E-state index < -0.39 is 0 Å². The molecule has 2 fully saturated rings. The fraction of sp³-hybridized carbons (Fsp3) is 0.464. The maximum absolute atomic E-state index is 12.8. The van der Waals surface area contributed by atoms with Crippen LogP contribution in [0.15, 0.2) is 42.5 Å². The van der Waals surface area contributed by atoms with Crippen LogP contribution < -0.4 is 16.0 Å². The predicted molar refractivity (Wildman–Crippen MR) is 156 cm³/mol. The van der Waals surface area contributed by atoms with Crippen molar-refractivity contribution in [3.05, 3.63) is 48.0 Å². The molecular formula is C28H37N7O2S. The van der Waals surface area contributed by atoms with E-state index in [4.69, 9.17) is 22.1 Å². The van der Waals surface area contributed by atoms with Crippen molar-refractivity contribution in [2.75, 3.05) is 65.3 Å². The van der Waals surface area contributed by atoms with Gasteiger partial charge in [-0.3, -0.25) is 10.2 Å². The standard InChI is InChI=1S/C28H37N7O2S/c1-29-27(38)22-8-4-3-7-21(22)20-10-11-23-24(19-20)35(25-9-5-6-18-37-25)32-26(23)31-28(36)30-12-13-34-16-14-33(2)15-17-34/h3-4,7-8,10-11,19,25H,5-6,9,12-18H2,1-2H3,(H,29,38)(H2,30,31,32,36). The highest BCUT2D eigenvalue weighted by atomic mass is 32.1. The number of piperazine rings is 1. The largest absolute Gasteiger partial charge is 0.379 e. The number of aromatic nitrogens is 2. The van der Waals surface area contributed by atoms with Gasteiger partial charge < -0.3 is 20.3 Å². The van der Waals surface area contributed by atoms with Gasteiger partial charge in [0.1, 0.15) is 4.99 Å². The molecule has 2 amide bonds. The third-order valence-electron chi connectivity index (χ3n) is 7.39. The van der Waals surface area contributed by atoms with E-state index in [2.05, 4.69) is 51.0 Å². The van der Waals surface area contributed by atoms with Gasteiger partial charge in [0.05, 0.1) is 5.52 Å². The minimum atomic E-state index is -0.246. The third-order valence-corrected chi connectivity index (χ3v) is 7.81. The zero-order chi connectivity index (χ0) is 26.5. The number of likely N-dealkylation sites (N-methyl/N-ethyl adjacent to an activating group) is 1. The van der Waals surface area contributed by atoms with Crippen LogP contribution in [-0.2, 0) is 4.74 Å². The molecule has 10 heteroatoms. The van der Waals surface area contributed by atoms with Crippen molar-refractivity contribution in [3.8, 4) is 11.1 Å². The van der Waals surface area contributed by atoms with E-state index in [9.17, 15) is 4.79 Å². The number of thiocarbonyl (C=S) groups is 1. The van der Waals surface area contributed by atoms with Crippen LogP contribution in [0.4, 0.5) is 10.6 Å². The molecule has 38 heavy (non-hydrogen) atoms. The molecule has 1 aromatic heterocycles. The molecule has 1 unspecified atom stereocenters. The molecule has 1 atom stereocenters. The number of hydrogen-bond donors (Lipinski definition) is 3. The van der Waals surface area contributed by atoms with Crippen LogP contribution in [0.3, 0.4) is 0 Å². The van der Waals surface area contributed by atoms with Gasteiger partial charge in [-0.1, -0.05) is 42.5 Å². The Kier molecular flexibility index (Phi) is 8.53. The molecule has 0 aliphatic carbocycles. The van der Waals surface area contributed by atoms with Gasteiger partial charge in [-0.05, 0) is 49.6 Å². The predicted octanol–water partition coefficient (Wildman–Crippen LogP) is 3.67. The Balaban J connectivity index is 1.38. The fourth-order valence-electron chi connectivity index (χ4n) is 5.15. The van der Waals surface area contributed by atoms with Crippen LogP contribution >= 0.6 is 12.2 Å². The molecule has 0 spiro atoms. The summed E-state index contributed by atoms with van der Waals surface area (Å²) in [7, 11) is 3.98. The summed E-state index contributed by atoms with van der Waals surface area (Å²) in [5, 5.41) is 14.8. The highest BCUT2D eigenvalue weighted by molar-refractivity contribution is 7.80. The van der Waals surface area contributed by atoms with E-state index in [1.165, 1.54) is 0 Å². The number of anilines is 1. The molecule has 0 saturated carbocycles. The second kappa shape index (κ2) is 12.2. The normalized spacial score (nSPS) is 18.8. The maximum atomic E-state index is 12.8. The third kappa shape index (κ3) is 5.99. The average Bonchev–Trinajstić information content (AvgIpc) is 3.31. The first-order chi connectivity index (χ1) is 18.5. The lowest BCUT2D eigenvalue weighted by atomic mass is 9.98. The summed E-state index contributed by atoms with van der Waals surface area (Å²) in [6, 6.07) is 14.1. The monoisotopic (exact) mass is 535 g/mol. The van der Waals surface area contributed by atoms with E-state index in [-0.39, 0.29) is 12.3 Å². The van der Waals surface area contributed by atoms with Crippen LogP contribution in [0.25, 0.3) is 22.0 Å². The Labute approximate surface area is 229 Å². The number of hydrogen-bond acceptors (Lipinski definition) is 6. The molecule has 0 radical (unpaired) electrons. The van der Waals surface area contributed by atoms with Crippen molar-refractivity contribution < 1.29 is 9.53 Å². The Morgan fingerprint density at radius 3 is 2.71 bits per heavy atom. The van der Waals surface area contributed by atoms with Gasteiger partial charge in [-0.25, -0.2) is 9.48 Å². The highest BCUT2D eigenvalue weighted by Crippen LogP contribution is 2.34. The number of nitrogens with zero attached hydrogens (tertiary/aromatic N) is 4. The number of fused-ring (bicyclic) bond motifs is 1. The van der Waals surface area contributed by atoms with E-state index in [1.54, 1.807) is 0 Å². The second-order valence-electron chi connectivity index (χ2n) is 10.00. The smallest absolute Gasteiger partial charge is 0.320 e. The lowest BCUT2D eigenvalue weighted by molar-refractivity contribution is -0.0365. The molecule has 2 saturated heterocycles. The summed E-state index contributed by atoms with van der Waals surface area (Å²) in [6.45, 7) is 6.32. The van der Waals surface area contributed by atoms with E-state index >= 15 is 0 Å². The minimum Gasteiger partial charge on any atom is -0.379 e.